The molecule has 0 aliphatic carbocycles. The molecule has 18 heavy (non-hydrogen) atoms. The van der Waals surface area contributed by atoms with Crippen LogP contribution in [0.3, 0.4) is 0 Å². The van der Waals surface area contributed by atoms with E-state index in [2.05, 4.69) is 15.5 Å². The fourth-order valence-corrected chi connectivity index (χ4v) is 2.50. The van der Waals surface area contributed by atoms with Gasteiger partial charge in [0.1, 0.15) is 0 Å². The number of aliphatic carboxylic acids is 1. The summed E-state index contributed by atoms with van der Waals surface area (Å²) in [6.45, 7) is 3.40. The lowest BCUT2D eigenvalue weighted by Crippen LogP contribution is -2.23. The van der Waals surface area contributed by atoms with Crippen LogP contribution in [0.15, 0.2) is 12.1 Å². The van der Waals surface area contributed by atoms with E-state index in [1.807, 2.05) is 6.07 Å². The highest BCUT2D eigenvalue weighted by Crippen LogP contribution is 2.31. The zero-order valence-corrected chi connectivity index (χ0v) is 11.3. The Hall–Kier alpha value is -1.47. The van der Waals surface area contributed by atoms with E-state index in [9.17, 15) is 4.79 Å². The van der Waals surface area contributed by atoms with Crippen molar-refractivity contribution < 1.29 is 9.90 Å². The van der Waals surface area contributed by atoms with Gasteiger partial charge >= 0.3 is 5.97 Å². The minimum absolute atomic E-state index is 0.339. The largest absolute Gasteiger partial charge is 0.481 e. The number of thiophene rings is 1. The molecule has 6 nitrogen and oxygen atoms in total. The van der Waals surface area contributed by atoms with Gasteiger partial charge in [-0.1, -0.05) is 11.6 Å². The standard InChI is InChI=1S/C10H11ClN4O2S/c1-5(10(16)17)6(2)15-9(12-13-14-15)7-3-4-8(11)18-7/h3-6H,1-2H3,(H,16,17). The first kappa shape index (κ1) is 13.0. The van der Waals surface area contributed by atoms with Gasteiger partial charge in [-0.3, -0.25) is 4.79 Å². The summed E-state index contributed by atoms with van der Waals surface area (Å²) in [5, 5.41) is 20.4. The van der Waals surface area contributed by atoms with Crippen LogP contribution >= 0.6 is 22.9 Å². The minimum atomic E-state index is -0.881. The monoisotopic (exact) mass is 286 g/mol. The van der Waals surface area contributed by atoms with Crippen molar-refractivity contribution in [3.05, 3.63) is 16.5 Å². The average Bonchev–Trinajstić information content (AvgIpc) is 2.94. The van der Waals surface area contributed by atoms with Crippen molar-refractivity contribution in [3.63, 3.8) is 0 Å². The van der Waals surface area contributed by atoms with E-state index < -0.39 is 11.9 Å². The number of hydrogen-bond acceptors (Lipinski definition) is 5. The van der Waals surface area contributed by atoms with E-state index in [1.165, 1.54) is 16.0 Å². The van der Waals surface area contributed by atoms with Crippen molar-refractivity contribution in [3.8, 4) is 10.7 Å². The zero-order valence-electron chi connectivity index (χ0n) is 9.74. The Balaban J connectivity index is 2.36. The molecule has 2 rings (SSSR count). The van der Waals surface area contributed by atoms with Gasteiger partial charge in [0.15, 0.2) is 5.82 Å². The number of carboxylic acid groups (broad SMARTS) is 1. The summed E-state index contributed by atoms with van der Waals surface area (Å²) < 4.78 is 2.15. The molecule has 8 heteroatoms. The number of tetrazole rings is 1. The molecule has 96 valence electrons. The van der Waals surface area contributed by atoms with Crippen molar-refractivity contribution in [2.45, 2.75) is 19.9 Å². The molecule has 0 spiro atoms. The summed E-state index contributed by atoms with van der Waals surface area (Å²) in [7, 11) is 0. The Bertz CT molecular complexity index is 568. The maximum absolute atomic E-state index is 11.0. The molecule has 0 radical (unpaired) electrons. The highest BCUT2D eigenvalue weighted by atomic mass is 35.5. The molecular weight excluding hydrogens is 276 g/mol. The lowest BCUT2D eigenvalue weighted by molar-refractivity contribution is -0.142. The van der Waals surface area contributed by atoms with E-state index >= 15 is 0 Å². The van der Waals surface area contributed by atoms with Crippen LogP contribution in [-0.4, -0.2) is 31.3 Å². The first-order chi connectivity index (χ1) is 8.50. The molecule has 0 bridgehead atoms. The molecule has 0 aromatic carbocycles. The summed E-state index contributed by atoms with van der Waals surface area (Å²) >= 11 is 7.22. The summed E-state index contributed by atoms with van der Waals surface area (Å²) in [5.74, 6) is -0.927. The normalized spacial score (nSPS) is 14.4. The molecular formula is C10H11ClN4O2S. The number of rotatable bonds is 4. The third kappa shape index (κ3) is 2.37. The molecule has 2 heterocycles. The predicted molar refractivity (Wildman–Crippen MR) is 67.7 cm³/mol. The summed E-state index contributed by atoms with van der Waals surface area (Å²) in [6, 6.07) is 3.23. The average molecular weight is 287 g/mol. The molecule has 0 saturated heterocycles. The van der Waals surface area contributed by atoms with Gasteiger partial charge in [0, 0.05) is 0 Å². The number of aromatic nitrogens is 4. The fourth-order valence-electron chi connectivity index (χ4n) is 1.48. The quantitative estimate of drug-likeness (QED) is 0.933. The highest BCUT2D eigenvalue weighted by Gasteiger charge is 2.25. The van der Waals surface area contributed by atoms with E-state index in [0.29, 0.717) is 10.2 Å². The molecule has 0 aliphatic rings. The Labute approximate surface area is 112 Å². The first-order valence-electron chi connectivity index (χ1n) is 5.27. The second-order valence-corrected chi connectivity index (χ2v) is 5.63. The van der Waals surface area contributed by atoms with Crippen LogP contribution in [0.5, 0.6) is 0 Å². The molecule has 2 atom stereocenters. The first-order valence-corrected chi connectivity index (χ1v) is 6.46. The Kier molecular flexibility index (Phi) is 3.63. The van der Waals surface area contributed by atoms with E-state index in [1.54, 1.807) is 19.9 Å². The number of carbonyl (C=O) groups is 1. The summed E-state index contributed by atoms with van der Waals surface area (Å²) in [5.41, 5.74) is 0. The number of nitrogens with zero attached hydrogens (tertiary/aromatic N) is 4. The van der Waals surface area contributed by atoms with Crippen LogP contribution in [0, 0.1) is 5.92 Å². The lowest BCUT2D eigenvalue weighted by Gasteiger charge is -2.16. The number of hydrogen-bond donors (Lipinski definition) is 1. The minimum Gasteiger partial charge on any atom is -0.481 e. The van der Waals surface area contributed by atoms with Gasteiger partial charge in [0.2, 0.25) is 0 Å². The van der Waals surface area contributed by atoms with Gasteiger partial charge in [-0.2, -0.15) is 0 Å². The third-order valence-corrected chi connectivity index (χ3v) is 4.01. The van der Waals surface area contributed by atoms with Crippen molar-refractivity contribution in [1.29, 1.82) is 0 Å². The second-order valence-electron chi connectivity index (χ2n) is 3.92. The maximum Gasteiger partial charge on any atom is 0.308 e. The van der Waals surface area contributed by atoms with E-state index in [0.717, 1.165) is 4.88 Å². The Morgan fingerprint density at radius 2 is 2.22 bits per heavy atom. The molecule has 0 amide bonds. The van der Waals surface area contributed by atoms with Crippen molar-refractivity contribution in [2.75, 3.05) is 0 Å². The van der Waals surface area contributed by atoms with Crippen LogP contribution in [0.1, 0.15) is 19.9 Å². The molecule has 2 unspecified atom stereocenters. The molecule has 2 aromatic rings. The Morgan fingerprint density at radius 3 is 2.78 bits per heavy atom. The lowest BCUT2D eigenvalue weighted by atomic mass is 10.0. The topological polar surface area (TPSA) is 80.9 Å². The van der Waals surface area contributed by atoms with Crippen LogP contribution in [0.4, 0.5) is 0 Å². The molecule has 2 aromatic heterocycles. The van der Waals surface area contributed by atoms with Crippen molar-refractivity contribution in [2.24, 2.45) is 5.92 Å². The summed E-state index contributed by atoms with van der Waals surface area (Å²) in [4.78, 5) is 11.8. The van der Waals surface area contributed by atoms with Crippen molar-refractivity contribution in [1.82, 2.24) is 20.2 Å². The smallest absolute Gasteiger partial charge is 0.308 e. The van der Waals surface area contributed by atoms with E-state index in [4.69, 9.17) is 16.7 Å². The fraction of sp³-hybridized carbons (Fsp3) is 0.400. The maximum atomic E-state index is 11.0. The number of carboxylic acids is 1. The van der Waals surface area contributed by atoms with Crippen LogP contribution < -0.4 is 0 Å². The van der Waals surface area contributed by atoms with Gasteiger partial charge in [-0.25, -0.2) is 4.68 Å². The van der Waals surface area contributed by atoms with Crippen LogP contribution in [0.2, 0.25) is 4.34 Å². The zero-order chi connectivity index (χ0) is 13.3. The molecule has 0 aliphatic heterocycles. The van der Waals surface area contributed by atoms with Crippen LogP contribution in [-0.2, 0) is 4.79 Å². The van der Waals surface area contributed by atoms with Gasteiger partial charge < -0.3 is 5.11 Å². The van der Waals surface area contributed by atoms with Gasteiger partial charge in [0.05, 0.1) is 21.2 Å². The van der Waals surface area contributed by atoms with Crippen LogP contribution in [0.25, 0.3) is 10.7 Å². The Morgan fingerprint density at radius 1 is 1.50 bits per heavy atom. The third-order valence-electron chi connectivity index (χ3n) is 2.79. The predicted octanol–water partition coefficient (Wildman–Crippen LogP) is 2.34. The second kappa shape index (κ2) is 5.03. The molecule has 0 fully saturated rings. The van der Waals surface area contributed by atoms with Gasteiger partial charge in [0.25, 0.3) is 0 Å². The molecule has 0 saturated carbocycles. The number of halogens is 1. The van der Waals surface area contributed by atoms with Gasteiger partial charge in [-0.15, -0.1) is 16.4 Å². The summed E-state index contributed by atoms with van der Waals surface area (Å²) in [6.07, 6.45) is 0. The van der Waals surface area contributed by atoms with Gasteiger partial charge in [-0.05, 0) is 36.4 Å². The van der Waals surface area contributed by atoms with E-state index in [-0.39, 0.29) is 6.04 Å². The molecule has 1 N–H and O–H groups in total. The van der Waals surface area contributed by atoms with Crippen molar-refractivity contribution >= 4 is 28.9 Å². The SMILES string of the molecule is CC(C(=O)O)C(C)n1nnnc1-c1ccc(Cl)s1. The highest BCUT2D eigenvalue weighted by molar-refractivity contribution is 7.19.